The molecule has 1 aromatic carbocycles. The van der Waals surface area contributed by atoms with Crippen molar-refractivity contribution in [2.45, 2.75) is 26.9 Å². The molecule has 0 saturated heterocycles. The van der Waals surface area contributed by atoms with Crippen LogP contribution >= 0.6 is 0 Å². The number of benzene rings is 1. The fourth-order valence-electron chi connectivity index (χ4n) is 2.49. The number of aromatic nitrogens is 2. The van der Waals surface area contributed by atoms with E-state index in [4.69, 9.17) is 4.74 Å². The molecule has 1 unspecified atom stereocenters. The molecule has 2 aromatic rings. The van der Waals surface area contributed by atoms with Crippen molar-refractivity contribution in [3.63, 3.8) is 0 Å². The van der Waals surface area contributed by atoms with E-state index in [0.29, 0.717) is 5.75 Å². The highest BCUT2D eigenvalue weighted by Gasteiger charge is 2.21. The lowest BCUT2D eigenvalue weighted by Gasteiger charge is -2.18. The number of hydrogen-bond donors (Lipinski definition) is 1. The molecule has 19 heavy (non-hydrogen) atoms. The third kappa shape index (κ3) is 2.49. The van der Waals surface area contributed by atoms with E-state index in [2.05, 4.69) is 5.10 Å². The third-order valence-electron chi connectivity index (χ3n) is 3.30. The number of ether oxygens (including phenoxy) is 1. The minimum absolute atomic E-state index is 0.712. The van der Waals surface area contributed by atoms with Gasteiger partial charge in [0.15, 0.2) is 0 Å². The van der Waals surface area contributed by atoms with Gasteiger partial charge < -0.3 is 9.84 Å². The molecule has 0 aliphatic rings. The van der Waals surface area contributed by atoms with E-state index in [1.807, 2.05) is 46.0 Å². The minimum Gasteiger partial charge on any atom is -0.496 e. The van der Waals surface area contributed by atoms with E-state index in [9.17, 15) is 5.11 Å². The molecule has 1 N–H and O–H groups in total. The average molecular weight is 260 g/mol. The van der Waals surface area contributed by atoms with E-state index >= 15 is 0 Å². The standard InChI is InChI=1S/C15H20N2O2/c1-9-6-10(2)14(13(7-9)19-5)15(18)12-8-11(3)16-17(12)4/h6-8,15,18H,1-5H3. The lowest BCUT2D eigenvalue weighted by atomic mass is 9.97. The van der Waals surface area contributed by atoms with Crippen LogP contribution in [0.5, 0.6) is 5.75 Å². The van der Waals surface area contributed by atoms with Gasteiger partial charge in [0, 0.05) is 12.6 Å². The molecule has 0 spiro atoms. The van der Waals surface area contributed by atoms with Crippen molar-refractivity contribution < 1.29 is 9.84 Å². The first kappa shape index (κ1) is 13.6. The number of aryl methyl sites for hydroxylation is 4. The first-order valence-corrected chi connectivity index (χ1v) is 6.27. The molecule has 1 aromatic heterocycles. The van der Waals surface area contributed by atoms with Gasteiger partial charge in [-0.15, -0.1) is 0 Å². The number of aliphatic hydroxyl groups excluding tert-OH is 1. The molecule has 0 amide bonds. The van der Waals surface area contributed by atoms with Gasteiger partial charge in [0.2, 0.25) is 0 Å². The van der Waals surface area contributed by atoms with Crippen molar-refractivity contribution in [2.75, 3.05) is 7.11 Å². The fourth-order valence-corrected chi connectivity index (χ4v) is 2.49. The SMILES string of the molecule is COc1cc(C)cc(C)c1C(O)c1cc(C)nn1C. The van der Waals surface area contributed by atoms with Gasteiger partial charge in [0.1, 0.15) is 11.9 Å². The Morgan fingerprint density at radius 3 is 2.42 bits per heavy atom. The van der Waals surface area contributed by atoms with Crippen LogP contribution in [0.3, 0.4) is 0 Å². The Morgan fingerprint density at radius 1 is 1.21 bits per heavy atom. The van der Waals surface area contributed by atoms with Crippen LogP contribution in [0.1, 0.15) is 34.2 Å². The Balaban J connectivity index is 2.55. The zero-order chi connectivity index (χ0) is 14.2. The molecule has 4 heteroatoms. The van der Waals surface area contributed by atoms with E-state index in [1.165, 1.54) is 0 Å². The summed E-state index contributed by atoms with van der Waals surface area (Å²) in [6.07, 6.45) is -0.734. The van der Waals surface area contributed by atoms with Gasteiger partial charge in [-0.05, 0) is 44.0 Å². The quantitative estimate of drug-likeness (QED) is 0.922. The van der Waals surface area contributed by atoms with Crippen LogP contribution < -0.4 is 4.74 Å². The van der Waals surface area contributed by atoms with Crippen molar-refractivity contribution in [2.24, 2.45) is 7.05 Å². The number of rotatable bonds is 3. The molecule has 0 bridgehead atoms. The van der Waals surface area contributed by atoms with Crippen LogP contribution in [0.2, 0.25) is 0 Å². The Kier molecular flexibility index (Phi) is 3.62. The van der Waals surface area contributed by atoms with Crippen LogP contribution in [-0.2, 0) is 7.05 Å². The summed E-state index contributed by atoms with van der Waals surface area (Å²) in [4.78, 5) is 0. The maximum Gasteiger partial charge on any atom is 0.125 e. The van der Waals surface area contributed by atoms with Gasteiger partial charge in [0.05, 0.1) is 18.5 Å². The summed E-state index contributed by atoms with van der Waals surface area (Å²) in [7, 11) is 3.46. The van der Waals surface area contributed by atoms with Gasteiger partial charge >= 0.3 is 0 Å². The van der Waals surface area contributed by atoms with Crippen molar-refractivity contribution in [3.8, 4) is 5.75 Å². The maximum absolute atomic E-state index is 10.6. The van der Waals surface area contributed by atoms with E-state index < -0.39 is 6.10 Å². The molecule has 102 valence electrons. The van der Waals surface area contributed by atoms with Crippen LogP contribution in [0.15, 0.2) is 18.2 Å². The molecule has 0 fully saturated rings. The largest absolute Gasteiger partial charge is 0.496 e. The van der Waals surface area contributed by atoms with Crippen LogP contribution in [0, 0.1) is 20.8 Å². The summed E-state index contributed by atoms with van der Waals surface area (Å²) in [6, 6.07) is 5.88. The number of aliphatic hydroxyl groups is 1. The molecule has 0 saturated carbocycles. The zero-order valence-electron chi connectivity index (χ0n) is 12.1. The highest BCUT2D eigenvalue weighted by atomic mass is 16.5. The molecule has 1 heterocycles. The predicted molar refractivity (Wildman–Crippen MR) is 74.5 cm³/mol. The first-order chi connectivity index (χ1) is 8.93. The Bertz CT molecular complexity index is 602. The topological polar surface area (TPSA) is 47.3 Å². The highest BCUT2D eigenvalue weighted by Crippen LogP contribution is 2.33. The molecule has 0 radical (unpaired) electrons. The summed E-state index contributed by atoms with van der Waals surface area (Å²) in [6.45, 7) is 5.91. The molecule has 0 aliphatic carbocycles. The second kappa shape index (κ2) is 5.05. The summed E-state index contributed by atoms with van der Waals surface area (Å²) < 4.78 is 7.11. The number of hydrogen-bond acceptors (Lipinski definition) is 3. The minimum atomic E-state index is -0.734. The molecular formula is C15H20N2O2. The Labute approximate surface area is 113 Å². The molecule has 0 aliphatic heterocycles. The monoisotopic (exact) mass is 260 g/mol. The molecule has 1 atom stereocenters. The normalized spacial score (nSPS) is 12.5. The van der Waals surface area contributed by atoms with Crippen molar-refractivity contribution >= 4 is 0 Å². The summed E-state index contributed by atoms with van der Waals surface area (Å²) in [5.74, 6) is 0.712. The highest BCUT2D eigenvalue weighted by molar-refractivity contribution is 5.47. The lowest BCUT2D eigenvalue weighted by molar-refractivity contribution is 0.204. The Morgan fingerprint density at radius 2 is 1.89 bits per heavy atom. The molecular weight excluding hydrogens is 240 g/mol. The summed E-state index contributed by atoms with van der Waals surface area (Å²) >= 11 is 0. The maximum atomic E-state index is 10.6. The van der Waals surface area contributed by atoms with Crippen LogP contribution in [0.25, 0.3) is 0 Å². The van der Waals surface area contributed by atoms with Gasteiger partial charge in [0.25, 0.3) is 0 Å². The van der Waals surface area contributed by atoms with E-state index in [0.717, 1.165) is 28.1 Å². The van der Waals surface area contributed by atoms with E-state index in [1.54, 1.807) is 11.8 Å². The van der Waals surface area contributed by atoms with Gasteiger partial charge in [-0.1, -0.05) is 6.07 Å². The predicted octanol–water partition coefficient (Wildman–Crippen LogP) is 2.44. The second-order valence-corrected chi connectivity index (χ2v) is 4.93. The van der Waals surface area contributed by atoms with Gasteiger partial charge in [-0.3, -0.25) is 4.68 Å². The first-order valence-electron chi connectivity index (χ1n) is 6.27. The molecule has 4 nitrogen and oxygen atoms in total. The number of nitrogens with zero attached hydrogens (tertiary/aromatic N) is 2. The summed E-state index contributed by atoms with van der Waals surface area (Å²) in [5, 5.41) is 14.9. The fraction of sp³-hybridized carbons (Fsp3) is 0.400. The van der Waals surface area contributed by atoms with Gasteiger partial charge in [-0.25, -0.2) is 0 Å². The lowest BCUT2D eigenvalue weighted by Crippen LogP contribution is -2.09. The zero-order valence-corrected chi connectivity index (χ0v) is 12.1. The van der Waals surface area contributed by atoms with Crippen molar-refractivity contribution in [1.82, 2.24) is 9.78 Å². The smallest absolute Gasteiger partial charge is 0.125 e. The second-order valence-electron chi connectivity index (χ2n) is 4.93. The average Bonchev–Trinajstić information content (AvgIpc) is 2.66. The van der Waals surface area contributed by atoms with E-state index in [-0.39, 0.29) is 0 Å². The van der Waals surface area contributed by atoms with Crippen molar-refractivity contribution in [1.29, 1.82) is 0 Å². The Hall–Kier alpha value is -1.81. The van der Waals surface area contributed by atoms with Crippen molar-refractivity contribution in [3.05, 3.63) is 46.3 Å². The molecule has 2 rings (SSSR count). The number of methoxy groups -OCH3 is 1. The van der Waals surface area contributed by atoms with Crippen LogP contribution in [-0.4, -0.2) is 22.0 Å². The van der Waals surface area contributed by atoms with Crippen LogP contribution in [0.4, 0.5) is 0 Å². The summed E-state index contributed by atoms with van der Waals surface area (Å²) in [5.41, 5.74) is 4.59. The third-order valence-corrected chi connectivity index (χ3v) is 3.30. The van der Waals surface area contributed by atoms with Gasteiger partial charge in [-0.2, -0.15) is 5.10 Å².